The number of rotatable bonds is 3. The van der Waals surface area contributed by atoms with Crippen molar-refractivity contribution in [2.24, 2.45) is 17.1 Å². The number of nitro benzene ring substituents is 1. The summed E-state index contributed by atoms with van der Waals surface area (Å²) in [6.07, 6.45) is 0. The molecular weight excluding hydrogens is 223 g/mol. The maximum Gasteiger partial charge on any atom is 0.305 e. The van der Waals surface area contributed by atoms with E-state index in [9.17, 15) is 14.5 Å². The molecule has 2 N–H and O–H groups in total. The van der Waals surface area contributed by atoms with Gasteiger partial charge in [0.05, 0.1) is 4.92 Å². The number of nitrogens with zero attached hydrogens (tertiary/aromatic N) is 1. The van der Waals surface area contributed by atoms with E-state index in [1.807, 2.05) is 13.8 Å². The molecule has 0 spiro atoms. The van der Waals surface area contributed by atoms with Gasteiger partial charge in [-0.15, -0.1) is 0 Å². The number of hydrogen-bond donors (Lipinski definition) is 1. The first-order chi connectivity index (χ1) is 7.91. The van der Waals surface area contributed by atoms with Crippen LogP contribution in [0.4, 0.5) is 10.1 Å². The highest BCUT2D eigenvalue weighted by Crippen LogP contribution is 2.64. The van der Waals surface area contributed by atoms with Gasteiger partial charge in [0.15, 0.2) is 0 Å². The van der Waals surface area contributed by atoms with Crippen LogP contribution in [0.25, 0.3) is 0 Å². The van der Waals surface area contributed by atoms with E-state index >= 15 is 0 Å². The Balaban J connectivity index is 2.42. The van der Waals surface area contributed by atoms with Crippen molar-refractivity contribution >= 4 is 5.69 Å². The van der Waals surface area contributed by atoms with Crippen LogP contribution in [-0.4, -0.2) is 11.5 Å². The lowest BCUT2D eigenvalue weighted by molar-refractivity contribution is -0.387. The van der Waals surface area contributed by atoms with Crippen LogP contribution in [0.1, 0.15) is 25.3 Å². The van der Waals surface area contributed by atoms with E-state index in [1.54, 1.807) is 6.07 Å². The molecule has 17 heavy (non-hydrogen) atoms. The normalized spacial score (nSPS) is 25.6. The smallest absolute Gasteiger partial charge is 0.305 e. The summed E-state index contributed by atoms with van der Waals surface area (Å²) in [6.45, 7) is 4.49. The molecule has 0 amide bonds. The van der Waals surface area contributed by atoms with E-state index < -0.39 is 16.4 Å². The quantitative estimate of drug-likeness (QED) is 0.649. The van der Waals surface area contributed by atoms with Crippen LogP contribution < -0.4 is 5.73 Å². The fourth-order valence-electron chi connectivity index (χ4n) is 2.72. The summed E-state index contributed by atoms with van der Waals surface area (Å²) in [7, 11) is 0. The van der Waals surface area contributed by atoms with Gasteiger partial charge in [-0.05, 0) is 29.4 Å². The van der Waals surface area contributed by atoms with Gasteiger partial charge in [0.1, 0.15) is 0 Å². The molecule has 1 aromatic carbocycles. The van der Waals surface area contributed by atoms with E-state index in [2.05, 4.69) is 0 Å². The van der Waals surface area contributed by atoms with Crippen molar-refractivity contribution in [2.75, 3.05) is 6.54 Å². The Kier molecular flexibility index (Phi) is 2.66. The second kappa shape index (κ2) is 3.77. The van der Waals surface area contributed by atoms with Crippen molar-refractivity contribution in [3.05, 3.63) is 39.7 Å². The van der Waals surface area contributed by atoms with Crippen molar-refractivity contribution in [1.29, 1.82) is 0 Å². The van der Waals surface area contributed by atoms with Crippen LogP contribution in [0.5, 0.6) is 0 Å². The molecule has 1 aliphatic carbocycles. The highest BCUT2D eigenvalue weighted by molar-refractivity contribution is 5.42. The third kappa shape index (κ3) is 1.70. The molecule has 0 aromatic heterocycles. The number of nitrogens with two attached hydrogens (primary N) is 1. The van der Waals surface area contributed by atoms with Crippen LogP contribution in [0, 0.1) is 27.3 Å². The van der Waals surface area contributed by atoms with Crippen molar-refractivity contribution < 1.29 is 9.31 Å². The molecule has 92 valence electrons. The largest absolute Gasteiger partial charge is 0.330 e. The zero-order chi connectivity index (χ0) is 12.8. The summed E-state index contributed by atoms with van der Waals surface area (Å²) in [5.41, 5.74) is 5.51. The number of benzene rings is 1. The van der Waals surface area contributed by atoms with Gasteiger partial charge in [-0.3, -0.25) is 10.1 Å². The zero-order valence-electron chi connectivity index (χ0n) is 9.81. The minimum atomic E-state index is -0.716. The molecule has 1 saturated carbocycles. The standard InChI is InChI=1S/C12H15FN2O2/c1-12(2)8(6-14)10(12)7-4-3-5-9(11(7)13)15(16)17/h3-5,8,10H,6,14H2,1-2H3. The summed E-state index contributed by atoms with van der Waals surface area (Å²) >= 11 is 0. The van der Waals surface area contributed by atoms with Gasteiger partial charge in [0.2, 0.25) is 5.82 Å². The predicted molar refractivity (Wildman–Crippen MR) is 62.1 cm³/mol. The average Bonchev–Trinajstić information content (AvgIpc) is 2.80. The van der Waals surface area contributed by atoms with Gasteiger partial charge in [-0.25, -0.2) is 0 Å². The fourth-order valence-corrected chi connectivity index (χ4v) is 2.72. The molecule has 0 radical (unpaired) electrons. The minimum absolute atomic E-state index is 0.0209. The van der Waals surface area contributed by atoms with Gasteiger partial charge in [0.25, 0.3) is 0 Å². The third-order valence-corrected chi connectivity index (χ3v) is 3.84. The molecule has 0 bridgehead atoms. The monoisotopic (exact) mass is 238 g/mol. The second-order valence-electron chi connectivity index (χ2n) is 5.08. The average molecular weight is 238 g/mol. The van der Waals surface area contributed by atoms with Crippen LogP contribution in [0.15, 0.2) is 18.2 Å². The van der Waals surface area contributed by atoms with E-state index in [1.165, 1.54) is 12.1 Å². The molecular formula is C12H15FN2O2. The molecule has 1 fully saturated rings. The first kappa shape index (κ1) is 12.0. The minimum Gasteiger partial charge on any atom is -0.330 e. The van der Waals surface area contributed by atoms with Gasteiger partial charge in [-0.1, -0.05) is 26.0 Å². The zero-order valence-corrected chi connectivity index (χ0v) is 9.81. The molecule has 0 aliphatic heterocycles. The Labute approximate surface area is 98.8 Å². The lowest BCUT2D eigenvalue weighted by atomic mass is 10.0. The summed E-state index contributed by atoms with van der Waals surface area (Å²) in [5.74, 6) is -0.544. The van der Waals surface area contributed by atoms with E-state index in [0.29, 0.717) is 12.1 Å². The molecule has 0 saturated heterocycles. The van der Waals surface area contributed by atoms with E-state index in [4.69, 9.17) is 5.73 Å². The van der Waals surface area contributed by atoms with Crippen molar-refractivity contribution in [2.45, 2.75) is 19.8 Å². The topological polar surface area (TPSA) is 69.2 Å². The molecule has 4 nitrogen and oxygen atoms in total. The lowest BCUT2D eigenvalue weighted by Gasteiger charge is -2.04. The lowest BCUT2D eigenvalue weighted by Crippen LogP contribution is -2.05. The fraction of sp³-hybridized carbons (Fsp3) is 0.500. The van der Waals surface area contributed by atoms with Crippen LogP contribution in [0.3, 0.4) is 0 Å². The SMILES string of the molecule is CC1(C)C(CN)C1c1cccc([N+](=O)[O-])c1F. The van der Waals surface area contributed by atoms with Crippen molar-refractivity contribution in [3.63, 3.8) is 0 Å². The molecule has 2 rings (SSSR count). The molecule has 5 heteroatoms. The van der Waals surface area contributed by atoms with Crippen LogP contribution >= 0.6 is 0 Å². The number of hydrogen-bond acceptors (Lipinski definition) is 3. The first-order valence-electron chi connectivity index (χ1n) is 5.54. The molecule has 2 atom stereocenters. The van der Waals surface area contributed by atoms with Crippen LogP contribution in [0.2, 0.25) is 0 Å². The van der Waals surface area contributed by atoms with Gasteiger partial charge < -0.3 is 5.73 Å². The Hall–Kier alpha value is -1.49. The van der Waals surface area contributed by atoms with Crippen LogP contribution in [-0.2, 0) is 0 Å². The summed E-state index contributed by atoms with van der Waals surface area (Å²) in [4.78, 5) is 9.98. The molecule has 1 aliphatic rings. The first-order valence-corrected chi connectivity index (χ1v) is 5.54. The van der Waals surface area contributed by atoms with E-state index in [-0.39, 0.29) is 17.3 Å². The Morgan fingerprint density at radius 2 is 2.18 bits per heavy atom. The highest BCUT2D eigenvalue weighted by Gasteiger charge is 2.58. The highest BCUT2D eigenvalue weighted by atomic mass is 19.1. The maximum absolute atomic E-state index is 14.0. The van der Waals surface area contributed by atoms with Gasteiger partial charge >= 0.3 is 5.69 Å². The Bertz CT molecular complexity index is 474. The predicted octanol–water partition coefficient (Wildman–Crippen LogP) is 2.43. The molecule has 2 unspecified atom stereocenters. The third-order valence-electron chi connectivity index (χ3n) is 3.84. The van der Waals surface area contributed by atoms with Gasteiger partial charge in [0, 0.05) is 6.07 Å². The summed E-state index contributed by atoms with van der Waals surface area (Å²) in [6, 6.07) is 4.33. The van der Waals surface area contributed by atoms with Crippen molar-refractivity contribution in [3.8, 4) is 0 Å². The Morgan fingerprint density at radius 3 is 2.65 bits per heavy atom. The molecule has 0 heterocycles. The number of nitro groups is 1. The number of halogens is 1. The Morgan fingerprint density at radius 1 is 1.53 bits per heavy atom. The molecule has 1 aromatic rings. The van der Waals surface area contributed by atoms with Gasteiger partial charge in [-0.2, -0.15) is 4.39 Å². The second-order valence-corrected chi connectivity index (χ2v) is 5.08. The maximum atomic E-state index is 14.0. The van der Waals surface area contributed by atoms with Crippen molar-refractivity contribution in [1.82, 2.24) is 0 Å². The summed E-state index contributed by atoms with van der Waals surface area (Å²) < 4.78 is 14.0. The summed E-state index contributed by atoms with van der Waals surface area (Å²) in [5, 5.41) is 10.7. The van der Waals surface area contributed by atoms with E-state index in [0.717, 1.165) is 0 Å².